The molecule has 0 fully saturated rings. The second kappa shape index (κ2) is 5.84. The van der Waals surface area contributed by atoms with Crippen molar-refractivity contribution in [3.63, 3.8) is 0 Å². The van der Waals surface area contributed by atoms with Crippen LogP contribution in [-0.4, -0.2) is 18.1 Å². The van der Waals surface area contributed by atoms with Crippen LogP contribution in [0.3, 0.4) is 0 Å². The Kier molecular flexibility index (Phi) is 4.16. The van der Waals surface area contributed by atoms with Crippen LogP contribution in [0, 0.1) is 13.8 Å². The molecule has 100 valence electrons. The SMILES string of the molecule is COC(=O)C(Nc1ccc(C)cc1)c1scnc1C. The molecule has 2 aromatic rings. The van der Waals surface area contributed by atoms with Crippen LogP contribution in [-0.2, 0) is 9.53 Å². The van der Waals surface area contributed by atoms with Crippen molar-refractivity contribution in [3.05, 3.63) is 45.9 Å². The number of anilines is 1. The van der Waals surface area contributed by atoms with E-state index in [2.05, 4.69) is 10.3 Å². The second-order valence-electron chi connectivity index (χ2n) is 4.27. The molecule has 0 radical (unpaired) electrons. The lowest BCUT2D eigenvalue weighted by Crippen LogP contribution is -2.22. The number of esters is 1. The Bertz CT molecular complexity index is 563. The van der Waals surface area contributed by atoms with Crippen molar-refractivity contribution >= 4 is 23.0 Å². The molecular formula is C14H16N2O2S. The molecule has 19 heavy (non-hydrogen) atoms. The minimum Gasteiger partial charge on any atom is -0.467 e. The molecular weight excluding hydrogens is 260 g/mol. The van der Waals surface area contributed by atoms with Gasteiger partial charge >= 0.3 is 5.97 Å². The van der Waals surface area contributed by atoms with E-state index in [1.54, 1.807) is 5.51 Å². The number of aromatic nitrogens is 1. The van der Waals surface area contributed by atoms with E-state index >= 15 is 0 Å². The number of carbonyl (C=O) groups excluding carboxylic acids is 1. The number of hydrogen-bond acceptors (Lipinski definition) is 5. The summed E-state index contributed by atoms with van der Waals surface area (Å²) in [4.78, 5) is 17.0. The van der Waals surface area contributed by atoms with E-state index in [4.69, 9.17) is 4.74 Å². The summed E-state index contributed by atoms with van der Waals surface area (Å²) in [6.45, 7) is 3.91. The summed E-state index contributed by atoms with van der Waals surface area (Å²) in [5.41, 5.74) is 4.64. The molecule has 0 bridgehead atoms. The number of hydrogen-bond donors (Lipinski definition) is 1. The number of rotatable bonds is 4. The van der Waals surface area contributed by atoms with Gasteiger partial charge in [-0.1, -0.05) is 17.7 Å². The van der Waals surface area contributed by atoms with Gasteiger partial charge in [-0.3, -0.25) is 0 Å². The highest BCUT2D eigenvalue weighted by Gasteiger charge is 2.24. The highest BCUT2D eigenvalue weighted by Crippen LogP contribution is 2.26. The quantitative estimate of drug-likeness (QED) is 0.872. The van der Waals surface area contributed by atoms with Crippen molar-refractivity contribution < 1.29 is 9.53 Å². The predicted molar refractivity (Wildman–Crippen MR) is 76.4 cm³/mol. The Labute approximate surface area is 116 Å². The Morgan fingerprint density at radius 2 is 2.00 bits per heavy atom. The number of ether oxygens (including phenoxy) is 1. The highest BCUT2D eigenvalue weighted by atomic mass is 32.1. The standard InChI is InChI=1S/C14H16N2O2S/c1-9-4-6-11(7-5-9)16-12(14(17)18-3)13-10(2)15-8-19-13/h4-8,12,16H,1-3H3. The maximum Gasteiger partial charge on any atom is 0.333 e. The number of benzene rings is 1. The summed E-state index contributed by atoms with van der Waals surface area (Å²) < 4.78 is 4.86. The predicted octanol–water partition coefficient (Wildman–Crippen LogP) is 3.09. The third-order valence-electron chi connectivity index (χ3n) is 2.84. The van der Waals surface area contributed by atoms with Gasteiger partial charge in [-0.05, 0) is 26.0 Å². The topological polar surface area (TPSA) is 51.2 Å². The summed E-state index contributed by atoms with van der Waals surface area (Å²) in [6, 6.07) is 7.37. The molecule has 0 amide bonds. The lowest BCUT2D eigenvalue weighted by atomic mass is 10.1. The fourth-order valence-electron chi connectivity index (χ4n) is 1.75. The zero-order chi connectivity index (χ0) is 13.8. The molecule has 1 aromatic carbocycles. The van der Waals surface area contributed by atoms with E-state index in [1.807, 2.05) is 38.1 Å². The largest absolute Gasteiger partial charge is 0.467 e. The van der Waals surface area contributed by atoms with Gasteiger partial charge in [0.1, 0.15) is 0 Å². The van der Waals surface area contributed by atoms with Crippen molar-refractivity contribution in [2.24, 2.45) is 0 Å². The first-order chi connectivity index (χ1) is 9.11. The number of nitrogens with one attached hydrogen (secondary N) is 1. The lowest BCUT2D eigenvalue weighted by Gasteiger charge is -2.17. The Morgan fingerprint density at radius 1 is 1.32 bits per heavy atom. The minimum absolute atomic E-state index is 0.312. The van der Waals surface area contributed by atoms with Gasteiger partial charge in [-0.15, -0.1) is 11.3 Å². The molecule has 5 heteroatoms. The number of carbonyl (C=O) groups is 1. The van der Waals surface area contributed by atoms with E-state index < -0.39 is 6.04 Å². The van der Waals surface area contributed by atoms with Crippen molar-refractivity contribution in [2.45, 2.75) is 19.9 Å². The number of aryl methyl sites for hydroxylation is 2. The van der Waals surface area contributed by atoms with Crippen LogP contribution in [0.15, 0.2) is 29.8 Å². The van der Waals surface area contributed by atoms with E-state index in [0.29, 0.717) is 0 Å². The van der Waals surface area contributed by atoms with Crippen LogP contribution in [0.5, 0.6) is 0 Å². The summed E-state index contributed by atoms with van der Waals surface area (Å²) in [5, 5.41) is 3.20. The first-order valence-corrected chi connectivity index (χ1v) is 6.81. The van der Waals surface area contributed by atoms with Crippen molar-refractivity contribution in [2.75, 3.05) is 12.4 Å². The van der Waals surface area contributed by atoms with Crippen LogP contribution >= 0.6 is 11.3 Å². The summed E-state index contributed by atoms with van der Waals surface area (Å²) in [6.07, 6.45) is 0. The van der Waals surface area contributed by atoms with Gasteiger partial charge < -0.3 is 10.1 Å². The summed E-state index contributed by atoms with van der Waals surface area (Å²) in [7, 11) is 1.39. The third kappa shape index (κ3) is 3.12. The Balaban J connectivity index is 2.27. The number of nitrogens with zero attached hydrogens (tertiary/aromatic N) is 1. The molecule has 1 N–H and O–H groups in total. The van der Waals surface area contributed by atoms with Gasteiger partial charge in [0, 0.05) is 5.69 Å². The summed E-state index contributed by atoms with van der Waals surface area (Å²) >= 11 is 1.45. The average molecular weight is 276 g/mol. The maximum atomic E-state index is 11.9. The summed E-state index contributed by atoms with van der Waals surface area (Å²) in [5.74, 6) is -0.312. The molecule has 0 aliphatic heterocycles. The molecule has 0 aliphatic carbocycles. The van der Waals surface area contributed by atoms with Gasteiger partial charge in [-0.2, -0.15) is 0 Å². The molecule has 0 saturated carbocycles. The van der Waals surface area contributed by atoms with E-state index in [0.717, 1.165) is 16.3 Å². The Morgan fingerprint density at radius 3 is 2.53 bits per heavy atom. The van der Waals surface area contributed by atoms with Crippen LogP contribution in [0.25, 0.3) is 0 Å². The van der Waals surface area contributed by atoms with Crippen LogP contribution in [0.4, 0.5) is 5.69 Å². The molecule has 0 aliphatic rings. The average Bonchev–Trinajstić information content (AvgIpc) is 2.83. The molecule has 1 unspecified atom stereocenters. The number of thiazole rings is 1. The van der Waals surface area contributed by atoms with Crippen molar-refractivity contribution in [1.29, 1.82) is 0 Å². The first kappa shape index (κ1) is 13.5. The maximum absolute atomic E-state index is 11.9. The monoisotopic (exact) mass is 276 g/mol. The van der Waals surface area contributed by atoms with Crippen LogP contribution in [0.2, 0.25) is 0 Å². The fraction of sp³-hybridized carbons (Fsp3) is 0.286. The molecule has 1 atom stereocenters. The molecule has 4 nitrogen and oxygen atoms in total. The van der Waals surface area contributed by atoms with Gasteiger partial charge in [0.05, 0.1) is 23.2 Å². The zero-order valence-electron chi connectivity index (χ0n) is 11.1. The van der Waals surface area contributed by atoms with E-state index in [-0.39, 0.29) is 5.97 Å². The van der Waals surface area contributed by atoms with Crippen molar-refractivity contribution in [3.8, 4) is 0 Å². The van der Waals surface area contributed by atoms with E-state index in [9.17, 15) is 4.79 Å². The lowest BCUT2D eigenvalue weighted by molar-refractivity contribution is -0.141. The molecule has 1 heterocycles. The Hall–Kier alpha value is -1.88. The first-order valence-electron chi connectivity index (χ1n) is 5.93. The van der Waals surface area contributed by atoms with E-state index in [1.165, 1.54) is 24.0 Å². The number of methoxy groups -OCH3 is 1. The van der Waals surface area contributed by atoms with Gasteiger partial charge in [-0.25, -0.2) is 9.78 Å². The van der Waals surface area contributed by atoms with Crippen molar-refractivity contribution in [1.82, 2.24) is 4.98 Å². The second-order valence-corrected chi connectivity index (χ2v) is 5.15. The minimum atomic E-state index is -0.514. The highest BCUT2D eigenvalue weighted by molar-refractivity contribution is 7.10. The normalized spacial score (nSPS) is 11.9. The molecule has 1 aromatic heterocycles. The molecule has 0 saturated heterocycles. The van der Waals surface area contributed by atoms with Gasteiger partial charge in [0.2, 0.25) is 0 Å². The third-order valence-corrected chi connectivity index (χ3v) is 3.84. The fourth-order valence-corrected chi connectivity index (χ4v) is 2.59. The molecule has 2 rings (SSSR count). The van der Waals surface area contributed by atoms with Gasteiger partial charge in [0.25, 0.3) is 0 Å². The van der Waals surface area contributed by atoms with Crippen LogP contribution in [0.1, 0.15) is 22.2 Å². The zero-order valence-corrected chi connectivity index (χ0v) is 12.0. The van der Waals surface area contributed by atoms with Crippen LogP contribution < -0.4 is 5.32 Å². The molecule has 0 spiro atoms. The smallest absolute Gasteiger partial charge is 0.333 e. The van der Waals surface area contributed by atoms with Gasteiger partial charge in [0.15, 0.2) is 6.04 Å².